The highest BCUT2D eigenvalue weighted by atomic mass is 16.2. The fourth-order valence-electron chi connectivity index (χ4n) is 2.68. The monoisotopic (exact) mass is 283 g/mol. The van der Waals surface area contributed by atoms with Gasteiger partial charge < -0.3 is 4.90 Å². The Bertz CT molecular complexity index is 673. The van der Waals surface area contributed by atoms with Crippen LogP contribution < -0.4 is 0 Å². The van der Waals surface area contributed by atoms with Crippen LogP contribution in [0.2, 0.25) is 0 Å². The van der Waals surface area contributed by atoms with Crippen molar-refractivity contribution in [3.05, 3.63) is 47.6 Å². The molecule has 0 aliphatic carbocycles. The third-order valence-corrected chi connectivity index (χ3v) is 3.62. The van der Waals surface area contributed by atoms with Gasteiger partial charge in [0.15, 0.2) is 0 Å². The normalized spacial score (nSPS) is 18.0. The number of carbonyl (C=O) groups is 1. The molecule has 1 amide bonds. The van der Waals surface area contributed by atoms with E-state index in [2.05, 4.69) is 19.9 Å². The van der Waals surface area contributed by atoms with E-state index in [0.29, 0.717) is 11.5 Å². The predicted octanol–water partition coefficient (Wildman–Crippen LogP) is 1.86. The maximum absolute atomic E-state index is 12.7. The molecule has 1 aliphatic heterocycles. The van der Waals surface area contributed by atoms with Crippen LogP contribution in [0.5, 0.6) is 0 Å². The van der Waals surface area contributed by atoms with Crippen LogP contribution in [0, 0.1) is 13.8 Å². The molecule has 6 heteroatoms. The van der Waals surface area contributed by atoms with E-state index in [0.717, 1.165) is 30.8 Å². The standard InChI is InChI=1S/C15H17N5O/c1-10-8-16-9-13(18-10)14-4-3-7-20(14)15(21)12-5-6-17-11(2)19-12/h5-6,8-9,14H,3-4,7H2,1-2H3/t14-/m0/s1. The lowest BCUT2D eigenvalue weighted by atomic mass is 10.1. The molecule has 3 rings (SSSR count). The van der Waals surface area contributed by atoms with Gasteiger partial charge in [0.25, 0.3) is 5.91 Å². The second-order valence-electron chi connectivity index (χ2n) is 5.23. The molecule has 0 aromatic carbocycles. The molecule has 0 N–H and O–H groups in total. The predicted molar refractivity (Wildman–Crippen MR) is 76.5 cm³/mol. The third kappa shape index (κ3) is 2.74. The lowest BCUT2D eigenvalue weighted by Crippen LogP contribution is -2.32. The van der Waals surface area contributed by atoms with Crippen molar-refractivity contribution >= 4 is 5.91 Å². The van der Waals surface area contributed by atoms with Crippen LogP contribution in [0.15, 0.2) is 24.7 Å². The van der Waals surface area contributed by atoms with Gasteiger partial charge in [0.2, 0.25) is 0 Å². The Hall–Kier alpha value is -2.37. The minimum Gasteiger partial charge on any atom is -0.329 e. The van der Waals surface area contributed by atoms with Gasteiger partial charge in [0.05, 0.1) is 23.6 Å². The quantitative estimate of drug-likeness (QED) is 0.841. The number of hydrogen-bond donors (Lipinski definition) is 0. The summed E-state index contributed by atoms with van der Waals surface area (Å²) in [6.45, 7) is 4.41. The van der Waals surface area contributed by atoms with E-state index in [1.165, 1.54) is 0 Å². The van der Waals surface area contributed by atoms with Gasteiger partial charge in [-0.2, -0.15) is 0 Å². The van der Waals surface area contributed by atoms with Gasteiger partial charge in [-0.1, -0.05) is 0 Å². The number of rotatable bonds is 2. The number of likely N-dealkylation sites (tertiary alicyclic amines) is 1. The van der Waals surface area contributed by atoms with E-state index >= 15 is 0 Å². The van der Waals surface area contributed by atoms with Crippen molar-refractivity contribution in [3.63, 3.8) is 0 Å². The van der Waals surface area contributed by atoms with Gasteiger partial charge in [0.1, 0.15) is 11.5 Å². The molecule has 1 fully saturated rings. The van der Waals surface area contributed by atoms with Gasteiger partial charge in [-0.05, 0) is 32.8 Å². The molecule has 1 atom stereocenters. The second-order valence-corrected chi connectivity index (χ2v) is 5.23. The molecule has 2 aromatic rings. The third-order valence-electron chi connectivity index (χ3n) is 3.62. The minimum atomic E-state index is -0.0636. The lowest BCUT2D eigenvalue weighted by molar-refractivity contribution is 0.0726. The molecule has 21 heavy (non-hydrogen) atoms. The van der Waals surface area contributed by atoms with E-state index in [-0.39, 0.29) is 11.9 Å². The summed E-state index contributed by atoms with van der Waals surface area (Å²) in [7, 11) is 0. The van der Waals surface area contributed by atoms with Crippen molar-refractivity contribution in [1.29, 1.82) is 0 Å². The van der Waals surface area contributed by atoms with E-state index in [9.17, 15) is 4.79 Å². The number of hydrogen-bond acceptors (Lipinski definition) is 5. The number of amides is 1. The molecule has 3 heterocycles. The van der Waals surface area contributed by atoms with Crippen molar-refractivity contribution in [2.24, 2.45) is 0 Å². The van der Waals surface area contributed by atoms with Gasteiger partial charge in [-0.15, -0.1) is 0 Å². The zero-order valence-electron chi connectivity index (χ0n) is 12.2. The molecule has 2 aromatic heterocycles. The number of carbonyl (C=O) groups excluding carboxylic acids is 1. The number of nitrogens with zero attached hydrogens (tertiary/aromatic N) is 5. The van der Waals surface area contributed by atoms with Gasteiger partial charge in [-0.3, -0.25) is 14.8 Å². The summed E-state index contributed by atoms with van der Waals surface area (Å²) in [5.74, 6) is 0.540. The Morgan fingerprint density at radius 2 is 2.14 bits per heavy atom. The molecule has 1 saturated heterocycles. The van der Waals surface area contributed by atoms with Gasteiger partial charge in [0, 0.05) is 18.9 Å². The average molecular weight is 283 g/mol. The van der Waals surface area contributed by atoms with E-state index < -0.39 is 0 Å². The molecule has 0 radical (unpaired) electrons. The lowest BCUT2D eigenvalue weighted by Gasteiger charge is -2.24. The molecule has 0 spiro atoms. The van der Waals surface area contributed by atoms with Crippen LogP contribution in [-0.2, 0) is 0 Å². The topological polar surface area (TPSA) is 71.9 Å². The van der Waals surface area contributed by atoms with E-state index in [1.807, 2.05) is 11.8 Å². The largest absolute Gasteiger partial charge is 0.329 e. The Labute approximate surface area is 123 Å². The zero-order chi connectivity index (χ0) is 14.8. The second kappa shape index (κ2) is 5.55. The zero-order valence-corrected chi connectivity index (χ0v) is 12.2. The highest BCUT2D eigenvalue weighted by Crippen LogP contribution is 2.31. The summed E-state index contributed by atoms with van der Waals surface area (Å²) in [4.78, 5) is 31.4. The average Bonchev–Trinajstić information content (AvgIpc) is 2.96. The Morgan fingerprint density at radius 1 is 1.29 bits per heavy atom. The smallest absolute Gasteiger partial charge is 0.273 e. The van der Waals surface area contributed by atoms with E-state index in [4.69, 9.17) is 0 Å². The Kier molecular flexibility index (Phi) is 3.60. The molecular weight excluding hydrogens is 266 g/mol. The summed E-state index contributed by atoms with van der Waals surface area (Å²) in [5, 5.41) is 0. The van der Waals surface area contributed by atoms with Gasteiger partial charge >= 0.3 is 0 Å². The molecule has 6 nitrogen and oxygen atoms in total. The van der Waals surface area contributed by atoms with Crippen molar-refractivity contribution in [1.82, 2.24) is 24.8 Å². The summed E-state index contributed by atoms with van der Waals surface area (Å²) in [6, 6.07) is 1.65. The van der Waals surface area contributed by atoms with Crippen LogP contribution in [0.3, 0.4) is 0 Å². The fourth-order valence-corrected chi connectivity index (χ4v) is 2.68. The molecular formula is C15H17N5O. The van der Waals surface area contributed by atoms with Crippen LogP contribution in [0.25, 0.3) is 0 Å². The Morgan fingerprint density at radius 3 is 2.90 bits per heavy atom. The van der Waals surface area contributed by atoms with Crippen molar-refractivity contribution in [3.8, 4) is 0 Å². The summed E-state index contributed by atoms with van der Waals surface area (Å²) >= 11 is 0. The maximum Gasteiger partial charge on any atom is 0.273 e. The number of aromatic nitrogens is 4. The fraction of sp³-hybridized carbons (Fsp3) is 0.400. The van der Waals surface area contributed by atoms with Crippen molar-refractivity contribution in [2.75, 3.05) is 6.54 Å². The highest BCUT2D eigenvalue weighted by molar-refractivity contribution is 5.92. The van der Waals surface area contributed by atoms with Crippen LogP contribution in [0.4, 0.5) is 0 Å². The van der Waals surface area contributed by atoms with Crippen molar-refractivity contribution in [2.45, 2.75) is 32.7 Å². The summed E-state index contributed by atoms with van der Waals surface area (Å²) < 4.78 is 0. The first-order valence-corrected chi connectivity index (χ1v) is 7.04. The van der Waals surface area contributed by atoms with E-state index in [1.54, 1.807) is 31.6 Å². The van der Waals surface area contributed by atoms with Gasteiger partial charge in [-0.25, -0.2) is 9.97 Å². The molecule has 108 valence electrons. The van der Waals surface area contributed by atoms with Crippen molar-refractivity contribution < 1.29 is 4.79 Å². The summed E-state index contributed by atoms with van der Waals surface area (Å²) in [5.41, 5.74) is 2.16. The van der Waals surface area contributed by atoms with Crippen LogP contribution in [-0.4, -0.2) is 37.3 Å². The van der Waals surface area contributed by atoms with Crippen LogP contribution in [0.1, 0.15) is 46.6 Å². The first-order chi connectivity index (χ1) is 10.1. The minimum absolute atomic E-state index is 0.0137. The first-order valence-electron chi connectivity index (χ1n) is 7.04. The number of aryl methyl sites for hydroxylation is 2. The maximum atomic E-state index is 12.7. The molecule has 0 unspecified atom stereocenters. The molecule has 1 aliphatic rings. The summed E-state index contributed by atoms with van der Waals surface area (Å²) in [6.07, 6.45) is 6.96. The molecule has 0 saturated carbocycles. The Balaban J connectivity index is 1.89. The van der Waals surface area contributed by atoms with Crippen LogP contribution >= 0.6 is 0 Å². The SMILES string of the molecule is Cc1cncc([C@@H]2CCCN2C(=O)c2ccnc(C)n2)n1. The highest BCUT2D eigenvalue weighted by Gasteiger charge is 2.32. The first kappa shape index (κ1) is 13.6. The molecule has 0 bridgehead atoms.